The molecule has 4 rings (SSSR count). The van der Waals surface area contributed by atoms with Crippen LogP contribution in [0.25, 0.3) is 11.3 Å². The summed E-state index contributed by atoms with van der Waals surface area (Å²) in [5.41, 5.74) is 1.70. The molecule has 2 N–H and O–H groups in total. The Morgan fingerprint density at radius 3 is 2.63 bits per heavy atom. The van der Waals surface area contributed by atoms with Gasteiger partial charge < -0.3 is 20.1 Å². The lowest BCUT2D eigenvalue weighted by Gasteiger charge is -2.18. The van der Waals surface area contributed by atoms with Crippen LogP contribution in [-0.4, -0.2) is 37.2 Å². The molecule has 0 spiro atoms. The van der Waals surface area contributed by atoms with E-state index in [4.69, 9.17) is 9.47 Å². The number of nitrogens with one attached hydrogen (secondary N) is 2. The molecule has 2 heterocycles. The number of hydrogen-bond donors (Lipinski definition) is 2. The fraction of sp³-hybridized carbons (Fsp3) is 0.368. The lowest BCUT2D eigenvalue weighted by Crippen LogP contribution is -2.29. The van der Waals surface area contributed by atoms with Gasteiger partial charge in [0.1, 0.15) is 19.0 Å². The predicted octanol–water partition coefficient (Wildman–Crippen LogP) is 3.30. The number of carbonyl (C=O) groups is 1. The Morgan fingerprint density at radius 2 is 1.85 bits per heavy atom. The summed E-state index contributed by atoms with van der Waals surface area (Å²) < 4.78 is 11.2. The molecule has 1 aliphatic carbocycles. The van der Waals surface area contributed by atoms with E-state index in [1.54, 1.807) is 6.07 Å². The number of benzene rings is 1. The second-order valence-electron chi connectivity index (χ2n) is 6.39. The number of carbonyl (C=O) groups excluding carboxylic acids is 1. The van der Waals surface area contributed by atoms with Crippen LogP contribution in [0.15, 0.2) is 36.4 Å². The molecule has 2 aliphatic rings. The third-order valence-corrected chi connectivity index (χ3v) is 4.27. The van der Waals surface area contributed by atoms with Gasteiger partial charge in [-0.2, -0.15) is 0 Å². The number of halogens is 2. The fourth-order valence-corrected chi connectivity index (χ4v) is 2.77. The second-order valence-corrected chi connectivity index (χ2v) is 6.39. The zero-order chi connectivity index (χ0) is 17.1. The first-order valence-corrected chi connectivity index (χ1v) is 8.65. The highest BCUT2D eigenvalue weighted by molar-refractivity contribution is 5.91. The highest BCUT2D eigenvalue weighted by Gasteiger charge is 2.20. The number of hydrogen-bond acceptors (Lipinski definition) is 5. The Labute approximate surface area is 170 Å². The van der Waals surface area contributed by atoms with E-state index in [0.717, 1.165) is 35.2 Å². The van der Waals surface area contributed by atoms with Crippen molar-refractivity contribution >= 4 is 36.5 Å². The average molecular weight is 412 g/mol. The molecule has 1 aliphatic heterocycles. The quantitative estimate of drug-likeness (QED) is 0.762. The largest absolute Gasteiger partial charge is 0.486 e. The molecule has 1 fully saturated rings. The molecule has 0 unspecified atom stereocenters. The Morgan fingerprint density at radius 1 is 1.07 bits per heavy atom. The zero-order valence-corrected chi connectivity index (χ0v) is 16.4. The van der Waals surface area contributed by atoms with Gasteiger partial charge in [0.2, 0.25) is 5.91 Å². The number of ether oxygens (including phenoxy) is 2. The van der Waals surface area contributed by atoms with Crippen LogP contribution < -0.4 is 20.1 Å². The molecular formula is C19H23Cl2N3O3. The zero-order valence-electron chi connectivity index (χ0n) is 14.8. The van der Waals surface area contributed by atoms with E-state index in [1.165, 1.54) is 12.8 Å². The van der Waals surface area contributed by atoms with Gasteiger partial charge in [0, 0.05) is 5.56 Å². The van der Waals surface area contributed by atoms with Crippen molar-refractivity contribution in [3.63, 3.8) is 0 Å². The molecule has 2 aromatic rings. The summed E-state index contributed by atoms with van der Waals surface area (Å²) in [6.45, 7) is 2.35. The van der Waals surface area contributed by atoms with Crippen molar-refractivity contribution in [3.8, 4) is 22.8 Å². The summed E-state index contributed by atoms with van der Waals surface area (Å²) in [5.74, 6) is 2.70. The van der Waals surface area contributed by atoms with Gasteiger partial charge in [0.25, 0.3) is 0 Å². The summed E-state index contributed by atoms with van der Waals surface area (Å²) in [7, 11) is 0. The van der Waals surface area contributed by atoms with Gasteiger partial charge in [-0.1, -0.05) is 6.07 Å². The van der Waals surface area contributed by atoms with Crippen LogP contribution in [0, 0.1) is 5.92 Å². The van der Waals surface area contributed by atoms with E-state index < -0.39 is 0 Å². The maximum atomic E-state index is 12.0. The van der Waals surface area contributed by atoms with E-state index >= 15 is 0 Å². The highest BCUT2D eigenvalue weighted by Crippen LogP contribution is 2.34. The number of rotatable bonds is 6. The molecule has 0 atom stereocenters. The van der Waals surface area contributed by atoms with Crippen LogP contribution in [0.2, 0.25) is 0 Å². The molecule has 6 nitrogen and oxygen atoms in total. The Bertz CT molecular complexity index is 785. The minimum atomic E-state index is -0.0764. The molecule has 27 heavy (non-hydrogen) atoms. The fourth-order valence-electron chi connectivity index (χ4n) is 2.77. The van der Waals surface area contributed by atoms with Crippen molar-refractivity contribution in [2.75, 3.05) is 31.6 Å². The van der Waals surface area contributed by atoms with Gasteiger partial charge in [0.05, 0.1) is 12.2 Å². The lowest BCUT2D eigenvalue weighted by molar-refractivity contribution is -0.115. The van der Waals surface area contributed by atoms with Crippen LogP contribution in [0.3, 0.4) is 0 Å². The van der Waals surface area contributed by atoms with Crippen LogP contribution in [-0.2, 0) is 4.79 Å². The van der Waals surface area contributed by atoms with Crippen molar-refractivity contribution in [2.24, 2.45) is 5.92 Å². The second kappa shape index (κ2) is 9.78. The van der Waals surface area contributed by atoms with E-state index in [1.807, 2.05) is 30.3 Å². The SMILES string of the molecule is Cl.Cl.O=C(CNCC1CC1)Nc1cccc(-c2ccc3c(c2)OCCO3)n1. The van der Waals surface area contributed by atoms with Crippen LogP contribution >= 0.6 is 24.8 Å². The van der Waals surface area contributed by atoms with Gasteiger partial charge in [-0.25, -0.2) is 4.98 Å². The Balaban J connectivity index is 0.00000131. The topological polar surface area (TPSA) is 72.5 Å². The number of nitrogens with zero attached hydrogens (tertiary/aromatic N) is 1. The number of amides is 1. The van der Waals surface area contributed by atoms with Gasteiger partial charge in [0.15, 0.2) is 11.5 Å². The van der Waals surface area contributed by atoms with Gasteiger partial charge in [-0.15, -0.1) is 24.8 Å². The average Bonchev–Trinajstić information content (AvgIpc) is 3.46. The third-order valence-electron chi connectivity index (χ3n) is 4.27. The molecule has 0 bridgehead atoms. The van der Waals surface area contributed by atoms with E-state index in [2.05, 4.69) is 15.6 Å². The molecular weight excluding hydrogens is 389 g/mol. The van der Waals surface area contributed by atoms with Crippen LogP contribution in [0.1, 0.15) is 12.8 Å². The van der Waals surface area contributed by atoms with E-state index in [0.29, 0.717) is 25.6 Å². The van der Waals surface area contributed by atoms with Gasteiger partial charge in [-0.3, -0.25) is 4.79 Å². The summed E-state index contributed by atoms with van der Waals surface area (Å²) in [6, 6.07) is 11.3. The van der Waals surface area contributed by atoms with Gasteiger partial charge >= 0.3 is 0 Å². The normalized spacial score (nSPS) is 14.5. The first-order chi connectivity index (χ1) is 12.3. The Hall–Kier alpha value is -2.02. The van der Waals surface area contributed by atoms with Crippen molar-refractivity contribution in [2.45, 2.75) is 12.8 Å². The van der Waals surface area contributed by atoms with E-state index in [-0.39, 0.29) is 30.7 Å². The number of fused-ring (bicyclic) bond motifs is 1. The maximum Gasteiger partial charge on any atom is 0.239 e. The molecule has 1 amide bonds. The maximum absolute atomic E-state index is 12.0. The number of anilines is 1. The van der Waals surface area contributed by atoms with E-state index in [9.17, 15) is 4.79 Å². The molecule has 0 saturated heterocycles. The summed E-state index contributed by atoms with van der Waals surface area (Å²) in [6.07, 6.45) is 2.54. The summed E-state index contributed by atoms with van der Waals surface area (Å²) in [4.78, 5) is 16.5. The third kappa shape index (κ3) is 5.73. The molecule has 1 aromatic carbocycles. The number of aromatic nitrogens is 1. The summed E-state index contributed by atoms with van der Waals surface area (Å²) >= 11 is 0. The minimum absolute atomic E-state index is 0. The smallest absolute Gasteiger partial charge is 0.239 e. The molecule has 1 saturated carbocycles. The molecule has 0 radical (unpaired) electrons. The lowest BCUT2D eigenvalue weighted by atomic mass is 10.1. The van der Waals surface area contributed by atoms with Crippen molar-refractivity contribution in [1.29, 1.82) is 0 Å². The summed E-state index contributed by atoms with van der Waals surface area (Å²) in [5, 5.41) is 6.02. The van der Waals surface area contributed by atoms with Crippen molar-refractivity contribution in [3.05, 3.63) is 36.4 Å². The van der Waals surface area contributed by atoms with Crippen molar-refractivity contribution in [1.82, 2.24) is 10.3 Å². The molecule has 1 aromatic heterocycles. The van der Waals surface area contributed by atoms with Crippen LogP contribution in [0.4, 0.5) is 5.82 Å². The van der Waals surface area contributed by atoms with Crippen LogP contribution in [0.5, 0.6) is 11.5 Å². The standard InChI is InChI=1S/C19H21N3O3.2ClH/c23-19(12-20-11-13-4-5-13)22-18-3-1-2-15(21-18)14-6-7-16-17(10-14)25-9-8-24-16;;/h1-3,6-7,10,13,20H,4-5,8-9,11-12H2,(H,21,22,23);2*1H. The Kier molecular flexibility index (Phi) is 7.71. The van der Waals surface area contributed by atoms with Crippen molar-refractivity contribution < 1.29 is 14.3 Å². The first-order valence-electron chi connectivity index (χ1n) is 8.65. The highest BCUT2D eigenvalue weighted by atomic mass is 35.5. The minimum Gasteiger partial charge on any atom is -0.486 e. The molecule has 8 heteroatoms. The first kappa shape index (κ1) is 21.3. The monoisotopic (exact) mass is 411 g/mol. The molecule has 146 valence electrons. The number of pyridine rings is 1. The predicted molar refractivity (Wildman–Crippen MR) is 109 cm³/mol. The van der Waals surface area contributed by atoms with Gasteiger partial charge in [-0.05, 0) is 55.6 Å².